The molecule has 1 atom stereocenters. The first kappa shape index (κ1) is 13.6. The summed E-state index contributed by atoms with van der Waals surface area (Å²) in [5.74, 6) is 0.0585. The smallest absolute Gasteiger partial charge is 0.184 e. The summed E-state index contributed by atoms with van der Waals surface area (Å²) in [6.45, 7) is 0. The molecule has 0 aliphatic heterocycles. The van der Waals surface area contributed by atoms with Crippen molar-refractivity contribution in [1.29, 1.82) is 0 Å². The van der Waals surface area contributed by atoms with Crippen molar-refractivity contribution in [3.63, 3.8) is 0 Å². The molecule has 1 N–H and O–H groups in total. The Balaban J connectivity index is 1.94. The molecule has 0 bridgehead atoms. The van der Waals surface area contributed by atoms with Gasteiger partial charge in [0.2, 0.25) is 0 Å². The highest BCUT2D eigenvalue weighted by molar-refractivity contribution is 8.00. The zero-order chi connectivity index (χ0) is 14.5. The van der Waals surface area contributed by atoms with Gasteiger partial charge >= 0.3 is 0 Å². The van der Waals surface area contributed by atoms with E-state index in [1.807, 2.05) is 60.7 Å². The van der Waals surface area contributed by atoms with E-state index in [1.165, 1.54) is 18.1 Å². The van der Waals surface area contributed by atoms with Crippen LogP contribution in [0, 0.1) is 0 Å². The van der Waals surface area contributed by atoms with Crippen LogP contribution in [-0.4, -0.2) is 21.0 Å². The van der Waals surface area contributed by atoms with Gasteiger partial charge in [0.05, 0.1) is 0 Å². The Morgan fingerprint density at radius 3 is 2.29 bits per heavy atom. The van der Waals surface area contributed by atoms with Crippen molar-refractivity contribution in [3.8, 4) is 0 Å². The van der Waals surface area contributed by atoms with Gasteiger partial charge in [0, 0.05) is 5.56 Å². The van der Waals surface area contributed by atoms with Crippen molar-refractivity contribution in [2.45, 2.75) is 10.4 Å². The van der Waals surface area contributed by atoms with Crippen LogP contribution in [0.5, 0.6) is 0 Å². The van der Waals surface area contributed by atoms with E-state index in [0.717, 1.165) is 5.56 Å². The van der Waals surface area contributed by atoms with E-state index < -0.39 is 0 Å². The Kier molecular flexibility index (Phi) is 4.12. The van der Waals surface area contributed by atoms with Crippen LogP contribution in [0.25, 0.3) is 0 Å². The minimum Gasteiger partial charge on any atom is -0.293 e. The highest BCUT2D eigenvalue weighted by atomic mass is 32.2. The maximum atomic E-state index is 12.8. The number of aromatic nitrogens is 3. The molecule has 0 saturated carbocycles. The summed E-state index contributed by atoms with van der Waals surface area (Å²) in [5.41, 5.74) is 1.64. The van der Waals surface area contributed by atoms with Gasteiger partial charge in [-0.05, 0) is 5.56 Å². The lowest BCUT2D eigenvalue weighted by atomic mass is 10.0. The second-order valence-electron chi connectivity index (χ2n) is 4.43. The summed E-state index contributed by atoms with van der Waals surface area (Å²) >= 11 is 1.37. The van der Waals surface area contributed by atoms with Crippen LogP contribution in [0.15, 0.2) is 72.1 Å². The fraction of sp³-hybridized carbons (Fsp3) is 0.0625. The minimum atomic E-state index is -0.346. The molecular weight excluding hydrogens is 282 g/mol. The van der Waals surface area contributed by atoms with Crippen molar-refractivity contribution in [2.24, 2.45) is 0 Å². The molecule has 1 aromatic heterocycles. The summed E-state index contributed by atoms with van der Waals surface area (Å²) in [4.78, 5) is 16.9. The highest BCUT2D eigenvalue weighted by Gasteiger charge is 2.24. The number of thioether (sulfide) groups is 1. The monoisotopic (exact) mass is 295 g/mol. The number of nitrogens with one attached hydrogen (secondary N) is 1. The van der Waals surface area contributed by atoms with E-state index in [9.17, 15) is 4.79 Å². The van der Waals surface area contributed by atoms with Crippen LogP contribution in [0.3, 0.4) is 0 Å². The zero-order valence-electron chi connectivity index (χ0n) is 11.1. The van der Waals surface area contributed by atoms with Gasteiger partial charge in [-0.1, -0.05) is 72.4 Å². The number of nitrogens with zero attached hydrogens (tertiary/aromatic N) is 2. The number of ketones is 1. The first-order chi connectivity index (χ1) is 10.3. The summed E-state index contributed by atoms with van der Waals surface area (Å²) < 4.78 is 0. The zero-order valence-corrected chi connectivity index (χ0v) is 12.0. The summed E-state index contributed by atoms with van der Waals surface area (Å²) in [6.07, 6.45) is 1.44. The molecule has 0 radical (unpaired) electrons. The molecule has 21 heavy (non-hydrogen) atoms. The number of rotatable bonds is 5. The van der Waals surface area contributed by atoms with Crippen LogP contribution >= 0.6 is 11.8 Å². The number of carbonyl (C=O) groups is 1. The van der Waals surface area contributed by atoms with Crippen LogP contribution in [0.2, 0.25) is 0 Å². The molecule has 1 heterocycles. The van der Waals surface area contributed by atoms with Crippen LogP contribution < -0.4 is 0 Å². The molecule has 0 aliphatic carbocycles. The third-order valence-corrected chi connectivity index (χ3v) is 4.16. The van der Waals surface area contributed by atoms with Crippen LogP contribution in [0.1, 0.15) is 21.2 Å². The second-order valence-corrected chi connectivity index (χ2v) is 5.52. The molecule has 3 rings (SSSR count). The molecule has 0 saturated heterocycles. The number of H-pyrrole nitrogens is 1. The molecule has 0 amide bonds. The predicted molar refractivity (Wildman–Crippen MR) is 82.2 cm³/mol. The van der Waals surface area contributed by atoms with Crippen molar-refractivity contribution in [3.05, 3.63) is 78.1 Å². The van der Waals surface area contributed by atoms with E-state index in [4.69, 9.17) is 0 Å². The third-order valence-electron chi connectivity index (χ3n) is 3.02. The largest absolute Gasteiger partial charge is 0.293 e. The van der Waals surface area contributed by atoms with Crippen LogP contribution in [0.4, 0.5) is 0 Å². The van der Waals surface area contributed by atoms with Crippen molar-refractivity contribution in [1.82, 2.24) is 15.2 Å². The molecule has 5 heteroatoms. The Hall–Kier alpha value is -2.40. The standard InChI is InChI=1S/C16H13N3OS/c20-14(12-7-3-1-4-8-12)15(13-9-5-2-6-10-13)21-16-17-11-18-19-16/h1-11,15H,(H,17,18,19)/t15-/m0/s1. The van der Waals surface area contributed by atoms with Gasteiger partial charge in [-0.3, -0.25) is 9.89 Å². The highest BCUT2D eigenvalue weighted by Crippen LogP contribution is 2.35. The van der Waals surface area contributed by atoms with Gasteiger partial charge in [0.1, 0.15) is 11.6 Å². The minimum absolute atomic E-state index is 0.0585. The Bertz CT molecular complexity index is 699. The van der Waals surface area contributed by atoms with E-state index in [0.29, 0.717) is 10.7 Å². The van der Waals surface area contributed by atoms with E-state index >= 15 is 0 Å². The van der Waals surface area contributed by atoms with E-state index in [-0.39, 0.29) is 11.0 Å². The first-order valence-corrected chi connectivity index (χ1v) is 7.39. The van der Waals surface area contributed by atoms with Crippen LogP contribution in [-0.2, 0) is 0 Å². The number of Topliss-reactive ketones (excluding diaryl/α,β-unsaturated/α-hetero) is 1. The third kappa shape index (κ3) is 3.20. The SMILES string of the molecule is O=C(c1ccccc1)[C@@H](Sc1ncn[nH]1)c1ccccc1. The van der Waals surface area contributed by atoms with Crippen molar-refractivity contribution < 1.29 is 4.79 Å². The van der Waals surface area contributed by atoms with E-state index in [1.54, 1.807) is 0 Å². The predicted octanol–water partition coefficient (Wildman–Crippen LogP) is 3.52. The lowest BCUT2D eigenvalue weighted by molar-refractivity contribution is 0.0989. The summed E-state index contributed by atoms with van der Waals surface area (Å²) in [5, 5.41) is 6.91. The lowest BCUT2D eigenvalue weighted by Crippen LogP contribution is -2.10. The summed E-state index contributed by atoms with van der Waals surface area (Å²) in [7, 11) is 0. The number of aromatic amines is 1. The van der Waals surface area contributed by atoms with Gasteiger partial charge in [-0.2, -0.15) is 5.10 Å². The fourth-order valence-electron chi connectivity index (χ4n) is 2.02. The fourth-order valence-corrected chi connectivity index (χ4v) is 2.99. The average Bonchev–Trinajstić information content (AvgIpc) is 3.07. The maximum absolute atomic E-state index is 12.8. The molecule has 2 aromatic carbocycles. The number of hydrogen-bond acceptors (Lipinski definition) is 4. The molecule has 4 nitrogen and oxygen atoms in total. The summed E-state index contributed by atoms with van der Waals surface area (Å²) in [6, 6.07) is 19.0. The van der Waals surface area contributed by atoms with Gasteiger partial charge in [-0.25, -0.2) is 4.98 Å². The van der Waals surface area contributed by atoms with Gasteiger partial charge < -0.3 is 0 Å². The molecular formula is C16H13N3OS. The van der Waals surface area contributed by atoms with Crippen molar-refractivity contribution >= 4 is 17.5 Å². The Morgan fingerprint density at radius 2 is 1.67 bits per heavy atom. The molecule has 0 unspecified atom stereocenters. The molecule has 0 aliphatic rings. The maximum Gasteiger partial charge on any atom is 0.184 e. The Labute approximate surface area is 126 Å². The van der Waals surface area contributed by atoms with Gasteiger partial charge in [0.15, 0.2) is 10.9 Å². The average molecular weight is 295 g/mol. The molecule has 0 fully saturated rings. The topological polar surface area (TPSA) is 58.6 Å². The van der Waals surface area contributed by atoms with Gasteiger partial charge in [-0.15, -0.1) is 0 Å². The number of benzene rings is 2. The quantitative estimate of drug-likeness (QED) is 0.578. The molecule has 104 valence electrons. The Morgan fingerprint density at radius 1 is 1.00 bits per heavy atom. The van der Waals surface area contributed by atoms with Gasteiger partial charge in [0.25, 0.3) is 0 Å². The van der Waals surface area contributed by atoms with Crippen molar-refractivity contribution in [2.75, 3.05) is 0 Å². The normalized spacial score (nSPS) is 12.0. The second kappa shape index (κ2) is 6.37. The van der Waals surface area contributed by atoms with E-state index in [2.05, 4.69) is 15.2 Å². The molecule has 3 aromatic rings. The number of carbonyl (C=O) groups excluding carboxylic acids is 1. The molecule has 0 spiro atoms. The first-order valence-electron chi connectivity index (χ1n) is 6.51. The number of hydrogen-bond donors (Lipinski definition) is 1. The lowest BCUT2D eigenvalue weighted by Gasteiger charge is -2.14.